The molecule has 1 amide bonds. The molecule has 1 aromatic rings. The first-order valence-electron chi connectivity index (χ1n) is 6.64. The molecule has 1 aliphatic heterocycles. The van der Waals surface area contributed by atoms with Crippen LogP contribution < -0.4 is 5.73 Å². The van der Waals surface area contributed by atoms with Crippen molar-refractivity contribution in [1.82, 2.24) is 14.7 Å². The third-order valence-corrected chi connectivity index (χ3v) is 3.51. The maximum absolute atomic E-state index is 12.2. The fraction of sp³-hybridized carbons (Fsp3) is 0.692. The van der Waals surface area contributed by atoms with Crippen LogP contribution in [0.1, 0.15) is 24.4 Å². The third-order valence-electron chi connectivity index (χ3n) is 3.51. The van der Waals surface area contributed by atoms with Gasteiger partial charge in [0.1, 0.15) is 6.04 Å². The van der Waals surface area contributed by atoms with E-state index in [1.165, 1.54) is 0 Å². The molecule has 2 rings (SSSR count). The van der Waals surface area contributed by atoms with Gasteiger partial charge in [-0.05, 0) is 18.8 Å². The highest BCUT2D eigenvalue weighted by Gasteiger charge is 2.24. The van der Waals surface area contributed by atoms with Crippen molar-refractivity contribution in [2.24, 2.45) is 18.7 Å². The van der Waals surface area contributed by atoms with Crippen LogP contribution in [0.25, 0.3) is 0 Å². The first-order chi connectivity index (χ1) is 9.08. The summed E-state index contributed by atoms with van der Waals surface area (Å²) in [6.45, 7) is 2.27. The fourth-order valence-corrected chi connectivity index (χ4v) is 2.41. The zero-order valence-corrected chi connectivity index (χ0v) is 11.6. The smallest absolute Gasteiger partial charge is 0.243 e. The molecule has 0 radical (unpaired) electrons. The lowest BCUT2D eigenvalue weighted by molar-refractivity contribution is -0.132. The van der Waals surface area contributed by atoms with E-state index in [-0.39, 0.29) is 5.91 Å². The molecule has 0 saturated carbocycles. The van der Waals surface area contributed by atoms with Crippen LogP contribution in [-0.4, -0.2) is 47.4 Å². The summed E-state index contributed by atoms with van der Waals surface area (Å²) >= 11 is 0. The quantitative estimate of drug-likeness (QED) is 0.851. The predicted octanol–water partition coefficient (Wildman–Crippen LogP) is 0.305. The number of amides is 1. The first-order valence-corrected chi connectivity index (χ1v) is 6.64. The van der Waals surface area contributed by atoms with Gasteiger partial charge in [-0.3, -0.25) is 9.48 Å². The average Bonchev–Trinajstić information content (AvgIpc) is 2.85. The standard InChI is InChI=1S/C13H22N4O2/c1-16(7-10-4-3-5-19-9-10)13(18)12(14)11-6-15-17(2)8-11/h6,8,10,12H,3-5,7,9,14H2,1-2H3. The number of hydrogen-bond donors (Lipinski definition) is 1. The minimum atomic E-state index is -0.636. The van der Waals surface area contributed by atoms with Gasteiger partial charge in [0.05, 0.1) is 12.8 Å². The molecule has 6 nitrogen and oxygen atoms in total. The van der Waals surface area contributed by atoms with Crippen LogP contribution in [0.3, 0.4) is 0 Å². The minimum Gasteiger partial charge on any atom is -0.381 e. The molecule has 0 spiro atoms. The summed E-state index contributed by atoms with van der Waals surface area (Å²) in [5.74, 6) is 0.349. The number of aromatic nitrogens is 2. The van der Waals surface area contributed by atoms with Gasteiger partial charge in [0.2, 0.25) is 5.91 Å². The fourth-order valence-electron chi connectivity index (χ4n) is 2.41. The van der Waals surface area contributed by atoms with Crippen molar-refractivity contribution < 1.29 is 9.53 Å². The minimum absolute atomic E-state index is 0.0708. The van der Waals surface area contributed by atoms with Crippen LogP contribution in [0.2, 0.25) is 0 Å². The van der Waals surface area contributed by atoms with Gasteiger partial charge in [-0.15, -0.1) is 0 Å². The lowest BCUT2D eigenvalue weighted by Crippen LogP contribution is -2.40. The Morgan fingerprint density at radius 2 is 2.53 bits per heavy atom. The highest BCUT2D eigenvalue weighted by molar-refractivity contribution is 5.82. The van der Waals surface area contributed by atoms with E-state index in [0.29, 0.717) is 12.5 Å². The number of carbonyl (C=O) groups is 1. The van der Waals surface area contributed by atoms with Crippen LogP contribution in [0.4, 0.5) is 0 Å². The van der Waals surface area contributed by atoms with Crippen molar-refractivity contribution in [2.45, 2.75) is 18.9 Å². The molecule has 1 aliphatic rings. The van der Waals surface area contributed by atoms with E-state index in [1.807, 2.05) is 7.05 Å². The van der Waals surface area contributed by atoms with Crippen LogP contribution in [-0.2, 0) is 16.6 Å². The van der Waals surface area contributed by atoms with Crippen LogP contribution in [0, 0.1) is 5.92 Å². The van der Waals surface area contributed by atoms with Gasteiger partial charge in [-0.25, -0.2) is 0 Å². The van der Waals surface area contributed by atoms with Gasteiger partial charge < -0.3 is 15.4 Å². The summed E-state index contributed by atoms with van der Waals surface area (Å²) in [5, 5.41) is 4.04. The Bertz CT molecular complexity index is 426. The molecule has 0 aliphatic carbocycles. The second-order valence-electron chi connectivity index (χ2n) is 5.23. The number of ether oxygens (including phenoxy) is 1. The molecular formula is C13H22N4O2. The summed E-state index contributed by atoms with van der Waals surface area (Å²) in [6, 6.07) is -0.636. The lowest BCUT2D eigenvalue weighted by Gasteiger charge is -2.28. The Labute approximate surface area is 113 Å². The molecule has 0 bridgehead atoms. The number of rotatable bonds is 4. The second-order valence-corrected chi connectivity index (χ2v) is 5.23. The molecule has 1 aromatic heterocycles. The Hall–Kier alpha value is -1.40. The Balaban J connectivity index is 1.90. The number of nitrogens with zero attached hydrogens (tertiary/aromatic N) is 3. The molecule has 1 fully saturated rings. The number of carbonyl (C=O) groups excluding carboxylic acids is 1. The maximum Gasteiger partial charge on any atom is 0.243 e. The molecule has 2 unspecified atom stereocenters. The Kier molecular flexibility index (Phi) is 4.55. The lowest BCUT2D eigenvalue weighted by atomic mass is 10.0. The van der Waals surface area contributed by atoms with Gasteiger partial charge in [-0.1, -0.05) is 0 Å². The highest BCUT2D eigenvalue weighted by Crippen LogP contribution is 2.17. The average molecular weight is 266 g/mol. The van der Waals surface area contributed by atoms with Crippen LogP contribution in [0.5, 0.6) is 0 Å². The number of likely N-dealkylation sites (N-methyl/N-ethyl adjacent to an activating group) is 1. The second kappa shape index (κ2) is 6.16. The topological polar surface area (TPSA) is 73.4 Å². The van der Waals surface area contributed by atoms with E-state index in [1.54, 1.807) is 29.0 Å². The largest absolute Gasteiger partial charge is 0.381 e. The maximum atomic E-state index is 12.2. The van der Waals surface area contributed by atoms with Crippen LogP contribution in [0.15, 0.2) is 12.4 Å². The van der Waals surface area contributed by atoms with E-state index in [9.17, 15) is 4.79 Å². The molecular weight excluding hydrogens is 244 g/mol. The van der Waals surface area contributed by atoms with E-state index >= 15 is 0 Å². The molecule has 106 valence electrons. The van der Waals surface area contributed by atoms with Crippen molar-refractivity contribution >= 4 is 5.91 Å². The normalized spacial score (nSPS) is 21.1. The van der Waals surface area contributed by atoms with Gasteiger partial charge in [0, 0.05) is 39.0 Å². The monoisotopic (exact) mass is 266 g/mol. The van der Waals surface area contributed by atoms with Crippen molar-refractivity contribution in [3.63, 3.8) is 0 Å². The van der Waals surface area contributed by atoms with Gasteiger partial charge in [-0.2, -0.15) is 5.10 Å². The molecule has 2 N–H and O–H groups in total. The van der Waals surface area contributed by atoms with Crippen molar-refractivity contribution in [1.29, 1.82) is 0 Å². The molecule has 2 atom stereocenters. The van der Waals surface area contributed by atoms with E-state index in [2.05, 4.69) is 5.10 Å². The zero-order chi connectivity index (χ0) is 13.8. The summed E-state index contributed by atoms with van der Waals surface area (Å²) in [7, 11) is 3.61. The molecule has 19 heavy (non-hydrogen) atoms. The summed E-state index contributed by atoms with van der Waals surface area (Å²) in [4.78, 5) is 14.0. The van der Waals surface area contributed by atoms with Crippen molar-refractivity contribution in [2.75, 3.05) is 26.8 Å². The Morgan fingerprint density at radius 1 is 1.74 bits per heavy atom. The third kappa shape index (κ3) is 3.54. The molecule has 0 aromatic carbocycles. The van der Waals surface area contributed by atoms with Crippen molar-refractivity contribution in [3.05, 3.63) is 18.0 Å². The summed E-state index contributed by atoms with van der Waals surface area (Å²) in [6.07, 6.45) is 5.60. The van der Waals surface area contributed by atoms with Gasteiger partial charge in [0.25, 0.3) is 0 Å². The van der Waals surface area contributed by atoms with E-state index in [0.717, 1.165) is 31.6 Å². The van der Waals surface area contributed by atoms with Gasteiger partial charge in [0.15, 0.2) is 0 Å². The highest BCUT2D eigenvalue weighted by atomic mass is 16.5. The Morgan fingerprint density at radius 3 is 3.11 bits per heavy atom. The van der Waals surface area contributed by atoms with Gasteiger partial charge >= 0.3 is 0 Å². The zero-order valence-electron chi connectivity index (χ0n) is 11.6. The predicted molar refractivity (Wildman–Crippen MR) is 71.3 cm³/mol. The van der Waals surface area contributed by atoms with E-state index in [4.69, 9.17) is 10.5 Å². The molecule has 2 heterocycles. The number of hydrogen-bond acceptors (Lipinski definition) is 4. The first kappa shape index (κ1) is 14.0. The van der Waals surface area contributed by atoms with Crippen LogP contribution >= 0.6 is 0 Å². The molecule has 6 heteroatoms. The summed E-state index contributed by atoms with van der Waals surface area (Å²) in [5.41, 5.74) is 6.73. The van der Waals surface area contributed by atoms with Crippen molar-refractivity contribution in [3.8, 4) is 0 Å². The molecule has 1 saturated heterocycles. The summed E-state index contributed by atoms with van der Waals surface area (Å²) < 4.78 is 7.08. The number of aryl methyl sites for hydroxylation is 1. The van der Waals surface area contributed by atoms with E-state index < -0.39 is 6.04 Å². The SMILES string of the molecule is CN(CC1CCCOC1)C(=O)C(N)c1cnn(C)c1. The number of nitrogens with two attached hydrogens (primary N) is 1.